The Morgan fingerprint density at radius 1 is 1.28 bits per heavy atom. The first-order valence-electron chi connectivity index (χ1n) is 5.84. The van der Waals surface area contributed by atoms with Crippen molar-refractivity contribution in [1.29, 1.82) is 5.26 Å². The molecule has 0 aliphatic heterocycles. The van der Waals surface area contributed by atoms with Crippen molar-refractivity contribution in [3.8, 4) is 17.6 Å². The van der Waals surface area contributed by atoms with Crippen LogP contribution >= 0.6 is 0 Å². The fraction of sp³-hybridized carbons (Fsp3) is 0.500. The highest BCUT2D eigenvalue weighted by molar-refractivity contribution is 5.47. The van der Waals surface area contributed by atoms with E-state index in [1.807, 2.05) is 37.9 Å². The van der Waals surface area contributed by atoms with E-state index in [9.17, 15) is 0 Å². The van der Waals surface area contributed by atoms with E-state index in [2.05, 4.69) is 6.07 Å². The molecule has 0 N–H and O–H groups in total. The first-order chi connectivity index (χ1) is 8.53. The first-order valence-corrected chi connectivity index (χ1v) is 5.84. The summed E-state index contributed by atoms with van der Waals surface area (Å²) in [4.78, 5) is 1.99. The van der Waals surface area contributed by atoms with Crippen molar-refractivity contribution in [2.24, 2.45) is 0 Å². The van der Waals surface area contributed by atoms with Gasteiger partial charge in [0, 0.05) is 6.54 Å². The number of hydrogen-bond donors (Lipinski definition) is 0. The molecular formula is C14H20N2O2. The highest BCUT2D eigenvalue weighted by atomic mass is 16.5. The molecule has 0 aliphatic carbocycles. The Hall–Kier alpha value is -1.73. The van der Waals surface area contributed by atoms with Crippen LogP contribution in [0, 0.1) is 18.3 Å². The molecule has 0 saturated carbocycles. The smallest absolute Gasteiger partial charge is 0.161 e. The summed E-state index contributed by atoms with van der Waals surface area (Å²) in [6, 6.07) is 6.04. The van der Waals surface area contributed by atoms with E-state index in [4.69, 9.17) is 14.7 Å². The molecule has 0 spiro atoms. The van der Waals surface area contributed by atoms with Gasteiger partial charge < -0.3 is 9.47 Å². The maximum atomic E-state index is 8.90. The monoisotopic (exact) mass is 248 g/mol. The molecule has 4 nitrogen and oxygen atoms in total. The number of nitrogens with zero attached hydrogens (tertiary/aromatic N) is 2. The van der Waals surface area contributed by atoms with Crippen LogP contribution < -0.4 is 9.47 Å². The molecule has 0 aliphatic rings. The maximum absolute atomic E-state index is 8.90. The van der Waals surface area contributed by atoms with E-state index < -0.39 is 0 Å². The number of methoxy groups -OCH3 is 2. The van der Waals surface area contributed by atoms with Gasteiger partial charge >= 0.3 is 0 Å². The zero-order valence-corrected chi connectivity index (χ0v) is 11.7. The van der Waals surface area contributed by atoms with Crippen LogP contribution in [0.2, 0.25) is 0 Å². The van der Waals surface area contributed by atoms with Crippen molar-refractivity contribution in [3.63, 3.8) is 0 Å². The van der Waals surface area contributed by atoms with Gasteiger partial charge in [0.2, 0.25) is 0 Å². The minimum absolute atomic E-state index is 0.113. The lowest BCUT2D eigenvalue weighted by molar-refractivity contribution is 0.292. The van der Waals surface area contributed by atoms with Gasteiger partial charge in [0.25, 0.3) is 0 Å². The van der Waals surface area contributed by atoms with Gasteiger partial charge in [0.15, 0.2) is 11.5 Å². The highest BCUT2D eigenvalue weighted by Crippen LogP contribution is 2.30. The summed E-state index contributed by atoms with van der Waals surface area (Å²) in [5.41, 5.74) is 2.27. The fourth-order valence-electron chi connectivity index (χ4n) is 1.70. The Bertz CT molecular complexity index is 452. The van der Waals surface area contributed by atoms with Gasteiger partial charge in [-0.15, -0.1) is 0 Å². The zero-order valence-electron chi connectivity index (χ0n) is 11.7. The highest BCUT2D eigenvalue weighted by Gasteiger charge is 2.13. The van der Waals surface area contributed by atoms with Crippen LogP contribution in [0.4, 0.5) is 0 Å². The summed E-state index contributed by atoms with van der Waals surface area (Å²) >= 11 is 0. The Labute approximate surface area is 109 Å². The Morgan fingerprint density at radius 3 is 2.33 bits per heavy atom. The van der Waals surface area contributed by atoms with Crippen molar-refractivity contribution in [3.05, 3.63) is 23.3 Å². The Balaban J connectivity index is 3.00. The lowest BCUT2D eigenvalue weighted by Crippen LogP contribution is -2.27. The number of ether oxygens (including phenoxy) is 2. The van der Waals surface area contributed by atoms with Crippen molar-refractivity contribution in [1.82, 2.24) is 4.90 Å². The fourth-order valence-corrected chi connectivity index (χ4v) is 1.70. The van der Waals surface area contributed by atoms with Crippen LogP contribution in [-0.4, -0.2) is 32.2 Å². The second-order valence-electron chi connectivity index (χ2n) is 4.35. The van der Waals surface area contributed by atoms with E-state index in [-0.39, 0.29) is 6.04 Å². The number of nitriles is 1. The SMILES string of the molecule is COc1cc(C)c(CN(C)C(C)C#N)cc1OC. The summed E-state index contributed by atoms with van der Waals surface area (Å²) in [7, 11) is 5.18. The first kappa shape index (κ1) is 14.3. The molecular weight excluding hydrogens is 228 g/mol. The molecule has 1 rings (SSSR count). The predicted molar refractivity (Wildman–Crippen MR) is 70.8 cm³/mol. The standard InChI is InChI=1S/C14H20N2O2/c1-10-6-13(17-4)14(18-5)7-12(10)9-16(3)11(2)8-15/h6-7,11H,9H2,1-5H3. The van der Waals surface area contributed by atoms with E-state index in [1.165, 1.54) is 0 Å². The minimum atomic E-state index is -0.113. The molecule has 1 atom stereocenters. The van der Waals surface area contributed by atoms with Crippen LogP contribution in [0.15, 0.2) is 12.1 Å². The van der Waals surface area contributed by atoms with Crippen LogP contribution in [0.1, 0.15) is 18.1 Å². The lowest BCUT2D eigenvalue weighted by Gasteiger charge is -2.21. The molecule has 1 aromatic carbocycles. The van der Waals surface area contributed by atoms with Gasteiger partial charge in [-0.2, -0.15) is 5.26 Å². The quantitative estimate of drug-likeness (QED) is 0.802. The number of benzene rings is 1. The van der Waals surface area contributed by atoms with Crippen molar-refractivity contribution >= 4 is 0 Å². The maximum Gasteiger partial charge on any atom is 0.161 e. The van der Waals surface area contributed by atoms with E-state index in [1.54, 1.807) is 14.2 Å². The van der Waals surface area contributed by atoms with Crippen LogP contribution in [0.25, 0.3) is 0 Å². The number of aryl methyl sites for hydroxylation is 1. The topological polar surface area (TPSA) is 45.5 Å². The van der Waals surface area contributed by atoms with Gasteiger partial charge in [-0.25, -0.2) is 0 Å². The largest absolute Gasteiger partial charge is 0.493 e. The summed E-state index contributed by atoms with van der Waals surface area (Å²) in [6.45, 7) is 4.62. The van der Waals surface area contributed by atoms with Crippen LogP contribution in [-0.2, 0) is 6.54 Å². The summed E-state index contributed by atoms with van der Waals surface area (Å²) in [5.74, 6) is 1.45. The van der Waals surface area contributed by atoms with Crippen molar-refractivity contribution < 1.29 is 9.47 Å². The normalized spacial score (nSPS) is 12.1. The Morgan fingerprint density at radius 2 is 1.83 bits per heavy atom. The molecule has 0 heterocycles. The third-order valence-electron chi connectivity index (χ3n) is 3.11. The molecule has 0 fully saturated rings. The van der Waals surface area contributed by atoms with Gasteiger partial charge in [-0.3, -0.25) is 4.90 Å². The molecule has 0 aromatic heterocycles. The second-order valence-corrected chi connectivity index (χ2v) is 4.35. The summed E-state index contributed by atoms with van der Waals surface area (Å²) in [5, 5.41) is 8.90. The van der Waals surface area contributed by atoms with E-state index in [0.717, 1.165) is 22.6 Å². The van der Waals surface area contributed by atoms with Gasteiger partial charge in [0.05, 0.1) is 26.3 Å². The predicted octanol–water partition coefficient (Wildman–Crippen LogP) is 2.36. The van der Waals surface area contributed by atoms with E-state index in [0.29, 0.717) is 6.54 Å². The van der Waals surface area contributed by atoms with Crippen molar-refractivity contribution in [2.45, 2.75) is 26.4 Å². The molecule has 1 aromatic rings. The molecule has 98 valence electrons. The van der Waals surface area contributed by atoms with Crippen molar-refractivity contribution in [2.75, 3.05) is 21.3 Å². The molecule has 4 heteroatoms. The molecule has 18 heavy (non-hydrogen) atoms. The minimum Gasteiger partial charge on any atom is -0.493 e. The Kier molecular flexibility index (Phi) is 4.99. The summed E-state index contributed by atoms with van der Waals surface area (Å²) < 4.78 is 10.5. The zero-order chi connectivity index (χ0) is 13.7. The molecule has 0 saturated heterocycles. The third-order valence-corrected chi connectivity index (χ3v) is 3.11. The number of rotatable bonds is 5. The average Bonchev–Trinajstić information content (AvgIpc) is 2.39. The van der Waals surface area contributed by atoms with Crippen LogP contribution in [0.5, 0.6) is 11.5 Å². The molecule has 0 radical (unpaired) electrons. The van der Waals surface area contributed by atoms with Crippen LogP contribution in [0.3, 0.4) is 0 Å². The molecule has 0 bridgehead atoms. The number of hydrogen-bond acceptors (Lipinski definition) is 4. The molecule has 0 amide bonds. The van der Waals surface area contributed by atoms with Gasteiger partial charge in [-0.1, -0.05) is 0 Å². The second kappa shape index (κ2) is 6.27. The average molecular weight is 248 g/mol. The third kappa shape index (κ3) is 3.14. The van der Waals surface area contributed by atoms with Gasteiger partial charge in [0.1, 0.15) is 0 Å². The molecule has 1 unspecified atom stereocenters. The van der Waals surface area contributed by atoms with E-state index >= 15 is 0 Å². The summed E-state index contributed by atoms with van der Waals surface area (Å²) in [6.07, 6.45) is 0. The van der Waals surface area contributed by atoms with Gasteiger partial charge in [-0.05, 0) is 44.2 Å². The lowest BCUT2D eigenvalue weighted by atomic mass is 10.1.